The lowest BCUT2D eigenvalue weighted by Gasteiger charge is -2.14. The van der Waals surface area contributed by atoms with E-state index in [0.29, 0.717) is 5.75 Å². The van der Waals surface area contributed by atoms with Gasteiger partial charge < -0.3 is 10.8 Å². The summed E-state index contributed by atoms with van der Waals surface area (Å²) in [6.45, 7) is 4.04. The second kappa shape index (κ2) is 5.01. The molecule has 3 N–H and O–H groups in total. The van der Waals surface area contributed by atoms with Gasteiger partial charge in [0.2, 0.25) is 0 Å². The highest BCUT2D eigenvalue weighted by molar-refractivity contribution is 5.41. The van der Waals surface area contributed by atoms with Crippen LogP contribution in [0, 0.1) is 6.92 Å². The average molecular weight is 193 g/mol. The molecule has 1 atom stereocenters. The molecule has 0 aliphatic heterocycles. The minimum Gasteiger partial charge on any atom is -0.507 e. The summed E-state index contributed by atoms with van der Waals surface area (Å²) < 4.78 is 0. The number of unbranched alkanes of at least 4 members (excludes halogenated alkanes) is 1. The summed E-state index contributed by atoms with van der Waals surface area (Å²) >= 11 is 0. The van der Waals surface area contributed by atoms with Crippen LogP contribution in [0.3, 0.4) is 0 Å². The van der Waals surface area contributed by atoms with Crippen molar-refractivity contribution in [1.82, 2.24) is 0 Å². The molecule has 14 heavy (non-hydrogen) atoms. The first-order valence-corrected chi connectivity index (χ1v) is 5.20. The highest BCUT2D eigenvalue weighted by atomic mass is 16.3. The van der Waals surface area contributed by atoms with Crippen LogP contribution < -0.4 is 5.73 Å². The Hall–Kier alpha value is -1.02. The van der Waals surface area contributed by atoms with Crippen molar-refractivity contribution >= 4 is 0 Å². The summed E-state index contributed by atoms with van der Waals surface area (Å²) in [5, 5.41) is 9.79. The number of phenolic OH excluding ortho intramolecular Hbond substituents is 1. The SMILES string of the molecule is CCCC[C@H](N)c1cccc(C)c1O. The van der Waals surface area contributed by atoms with Crippen LogP contribution in [-0.2, 0) is 0 Å². The third-order valence-electron chi connectivity index (χ3n) is 2.54. The molecule has 1 aromatic rings. The first-order valence-electron chi connectivity index (χ1n) is 5.20. The Morgan fingerprint density at radius 1 is 1.43 bits per heavy atom. The molecule has 0 aliphatic rings. The zero-order valence-corrected chi connectivity index (χ0v) is 8.96. The number of phenols is 1. The zero-order valence-electron chi connectivity index (χ0n) is 8.96. The highest BCUT2D eigenvalue weighted by Gasteiger charge is 2.10. The average Bonchev–Trinajstić information content (AvgIpc) is 2.18. The smallest absolute Gasteiger partial charge is 0.123 e. The normalized spacial score (nSPS) is 12.8. The van der Waals surface area contributed by atoms with Crippen LogP contribution in [0.2, 0.25) is 0 Å². The summed E-state index contributed by atoms with van der Waals surface area (Å²) in [5.41, 5.74) is 7.76. The molecule has 0 spiro atoms. The molecule has 1 aromatic carbocycles. The zero-order chi connectivity index (χ0) is 10.6. The predicted molar refractivity (Wildman–Crippen MR) is 59.3 cm³/mol. The number of nitrogens with two attached hydrogens (primary N) is 1. The predicted octanol–water partition coefficient (Wildman–Crippen LogP) is 2.89. The van der Waals surface area contributed by atoms with E-state index in [1.807, 2.05) is 25.1 Å². The molecule has 0 unspecified atom stereocenters. The standard InChI is InChI=1S/C12H19NO/c1-3-4-8-11(13)10-7-5-6-9(2)12(10)14/h5-7,11,14H,3-4,8,13H2,1-2H3/t11-/m0/s1. The van der Waals surface area contributed by atoms with E-state index in [9.17, 15) is 5.11 Å². The van der Waals surface area contributed by atoms with Gasteiger partial charge in [0.15, 0.2) is 0 Å². The molecule has 0 saturated carbocycles. The molecule has 1 rings (SSSR count). The van der Waals surface area contributed by atoms with Gasteiger partial charge in [0.25, 0.3) is 0 Å². The summed E-state index contributed by atoms with van der Waals surface area (Å²) in [4.78, 5) is 0. The van der Waals surface area contributed by atoms with E-state index in [1.54, 1.807) is 0 Å². The molecule has 0 amide bonds. The van der Waals surface area contributed by atoms with Gasteiger partial charge in [-0.2, -0.15) is 0 Å². The minimum absolute atomic E-state index is 0.0325. The van der Waals surface area contributed by atoms with E-state index < -0.39 is 0 Å². The van der Waals surface area contributed by atoms with E-state index in [1.165, 1.54) is 0 Å². The van der Waals surface area contributed by atoms with Gasteiger partial charge in [0.1, 0.15) is 5.75 Å². The maximum absolute atomic E-state index is 9.79. The van der Waals surface area contributed by atoms with Gasteiger partial charge in [-0.05, 0) is 18.9 Å². The molecule has 0 heterocycles. The van der Waals surface area contributed by atoms with Crippen molar-refractivity contribution in [1.29, 1.82) is 0 Å². The van der Waals surface area contributed by atoms with E-state index in [0.717, 1.165) is 30.4 Å². The highest BCUT2D eigenvalue weighted by Crippen LogP contribution is 2.28. The number of aromatic hydroxyl groups is 1. The van der Waals surface area contributed by atoms with Gasteiger partial charge >= 0.3 is 0 Å². The van der Waals surface area contributed by atoms with Gasteiger partial charge in [-0.25, -0.2) is 0 Å². The monoisotopic (exact) mass is 193 g/mol. The van der Waals surface area contributed by atoms with Crippen LogP contribution in [0.4, 0.5) is 0 Å². The fourth-order valence-electron chi connectivity index (χ4n) is 1.56. The Balaban J connectivity index is 2.79. The summed E-state index contributed by atoms with van der Waals surface area (Å²) in [6, 6.07) is 5.71. The lowest BCUT2D eigenvalue weighted by molar-refractivity contribution is 0.452. The molecular formula is C12H19NO. The Bertz CT molecular complexity index is 296. The first kappa shape index (κ1) is 11.1. The third-order valence-corrected chi connectivity index (χ3v) is 2.54. The largest absolute Gasteiger partial charge is 0.507 e. The molecule has 0 radical (unpaired) electrons. The van der Waals surface area contributed by atoms with Gasteiger partial charge in [0.05, 0.1) is 0 Å². The Morgan fingerprint density at radius 3 is 2.79 bits per heavy atom. The van der Waals surface area contributed by atoms with Gasteiger partial charge in [-0.1, -0.05) is 38.0 Å². The molecule has 0 fully saturated rings. The Labute approximate surface area is 85.8 Å². The van der Waals surface area contributed by atoms with Crippen LogP contribution in [-0.4, -0.2) is 5.11 Å². The van der Waals surface area contributed by atoms with E-state index in [2.05, 4.69) is 6.92 Å². The Kier molecular flexibility index (Phi) is 3.96. The topological polar surface area (TPSA) is 46.2 Å². The maximum atomic E-state index is 9.79. The van der Waals surface area contributed by atoms with Crippen molar-refractivity contribution in [2.24, 2.45) is 5.73 Å². The molecule has 0 aromatic heterocycles. The van der Waals surface area contributed by atoms with Crippen molar-refractivity contribution in [3.63, 3.8) is 0 Å². The van der Waals surface area contributed by atoms with Gasteiger partial charge in [-0.3, -0.25) is 0 Å². The van der Waals surface area contributed by atoms with Crippen LogP contribution in [0.1, 0.15) is 43.4 Å². The number of para-hydroxylation sites is 1. The van der Waals surface area contributed by atoms with Crippen LogP contribution in [0.5, 0.6) is 5.75 Å². The molecule has 0 saturated heterocycles. The molecule has 2 nitrogen and oxygen atoms in total. The lowest BCUT2D eigenvalue weighted by atomic mass is 9.99. The van der Waals surface area contributed by atoms with Crippen molar-refractivity contribution in [3.8, 4) is 5.75 Å². The van der Waals surface area contributed by atoms with Gasteiger partial charge in [0, 0.05) is 11.6 Å². The first-order chi connectivity index (χ1) is 6.66. The molecule has 0 bridgehead atoms. The van der Waals surface area contributed by atoms with Crippen molar-refractivity contribution < 1.29 is 5.11 Å². The number of rotatable bonds is 4. The van der Waals surface area contributed by atoms with Crippen LogP contribution in [0.15, 0.2) is 18.2 Å². The van der Waals surface area contributed by atoms with Crippen molar-refractivity contribution in [2.75, 3.05) is 0 Å². The van der Waals surface area contributed by atoms with E-state index in [4.69, 9.17) is 5.73 Å². The fourth-order valence-corrected chi connectivity index (χ4v) is 1.56. The molecular weight excluding hydrogens is 174 g/mol. The fraction of sp³-hybridized carbons (Fsp3) is 0.500. The second-order valence-corrected chi connectivity index (χ2v) is 3.76. The van der Waals surface area contributed by atoms with Gasteiger partial charge in [-0.15, -0.1) is 0 Å². The van der Waals surface area contributed by atoms with Crippen molar-refractivity contribution in [3.05, 3.63) is 29.3 Å². The number of aryl methyl sites for hydroxylation is 1. The maximum Gasteiger partial charge on any atom is 0.123 e. The summed E-state index contributed by atoms with van der Waals surface area (Å²) in [6.07, 6.45) is 3.18. The summed E-state index contributed by atoms with van der Waals surface area (Å²) in [7, 11) is 0. The lowest BCUT2D eigenvalue weighted by Crippen LogP contribution is -2.10. The quantitative estimate of drug-likeness (QED) is 0.772. The Morgan fingerprint density at radius 2 is 2.14 bits per heavy atom. The van der Waals surface area contributed by atoms with E-state index >= 15 is 0 Å². The third kappa shape index (κ3) is 2.48. The summed E-state index contributed by atoms with van der Waals surface area (Å²) in [5.74, 6) is 0.358. The number of hydrogen-bond donors (Lipinski definition) is 2. The second-order valence-electron chi connectivity index (χ2n) is 3.76. The van der Waals surface area contributed by atoms with E-state index in [-0.39, 0.29) is 6.04 Å². The minimum atomic E-state index is -0.0325. The molecule has 2 heteroatoms. The van der Waals surface area contributed by atoms with Crippen LogP contribution in [0.25, 0.3) is 0 Å². The number of benzene rings is 1. The molecule has 78 valence electrons. The van der Waals surface area contributed by atoms with Crippen LogP contribution >= 0.6 is 0 Å². The molecule has 0 aliphatic carbocycles. The number of hydrogen-bond acceptors (Lipinski definition) is 2. The van der Waals surface area contributed by atoms with Crippen molar-refractivity contribution in [2.45, 2.75) is 39.2 Å².